The van der Waals surface area contributed by atoms with Gasteiger partial charge in [0.2, 0.25) is 0 Å². The fourth-order valence-corrected chi connectivity index (χ4v) is 1.34. The summed E-state index contributed by atoms with van der Waals surface area (Å²) in [7, 11) is 0. The topological polar surface area (TPSA) is 12.4 Å². The third kappa shape index (κ3) is 1.09. The summed E-state index contributed by atoms with van der Waals surface area (Å²) in [5.41, 5.74) is 0. The third-order valence-corrected chi connectivity index (χ3v) is 1.93. The van der Waals surface area contributed by atoms with E-state index in [0.717, 1.165) is 5.92 Å². The molecule has 0 bridgehead atoms. The van der Waals surface area contributed by atoms with Crippen LogP contribution in [-0.2, 0) is 0 Å². The minimum Gasteiger partial charge on any atom is -0.298 e. The highest BCUT2D eigenvalue weighted by Gasteiger charge is 2.18. The van der Waals surface area contributed by atoms with E-state index in [9.17, 15) is 0 Å². The van der Waals surface area contributed by atoms with Crippen LogP contribution in [0, 0.1) is 5.92 Å². The summed E-state index contributed by atoms with van der Waals surface area (Å²) < 4.78 is 0. The molecule has 0 aromatic rings. The van der Waals surface area contributed by atoms with Crippen molar-refractivity contribution < 1.29 is 0 Å². The van der Waals surface area contributed by atoms with Crippen LogP contribution < -0.4 is 0 Å². The quantitative estimate of drug-likeness (QED) is 0.458. The van der Waals surface area contributed by atoms with E-state index in [2.05, 4.69) is 18.6 Å². The van der Waals surface area contributed by atoms with Gasteiger partial charge in [-0.2, -0.15) is 0 Å². The maximum Gasteiger partial charge on any atom is 0.0495 e. The number of nitrogens with zero attached hydrogens (tertiary/aromatic N) is 1. The zero-order chi connectivity index (χ0) is 5.98. The second-order valence-corrected chi connectivity index (χ2v) is 2.75. The lowest BCUT2D eigenvalue weighted by molar-refractivity contribution is 0.595. The molecule has 0 heterocycles. The van der Waals surface area contributed by atoms with Gasteiger partial charge in [-0.3, -0.25) is 4.99 Å². The first-order chi connectivity index (χ1) is 3.83. The molecule has 0 aromatic carbocycles. The predicted molar refractivity (Wildman–Crippen MR) is 36.4 cm³/mol. The van der Waals surface area contributed by atoms with Gasteiger partial charge in [-0.25, -0.2) is 0 Å². The molecule has 46 valence electrons. The zero-order valence-electron chi connectivity index (χ0n) is 5.43. The van der Waals surface area contributed by atoms with Crippen LogP contribution in [-0.4, -0.2) is 12.8 Å². The lowest BCUT2D eigenvalue weighted by Crippen LogP contribution is -1.94. The van der Waals surface area contributed by atoms with Crippen molar-refractivity contribution in [3.05, 3.63) is 0 Å². The van der Waals surface area contributed by atoms with E-state index in [1.807, 2.05) is 0 Å². The molecule has 1 saturated carbocycles. The van der Waals surface area contributed by atoms with Crippen LogP contribution in [0.4, 0.5) is 0 Å². The van der Waals surface area contributed by atoms with Crippen LogP contribution in [0.5, 0.6) is 0 Å². The highest BCUT2D eigenvalue weighted by atomic mass is 14.8. The Morgan fingerprint density at radius 3 is 2.50 bits per heavy atom. The summed E-state index contributed by atoms with van der Waals surface area (Å²) in [6.07, 6.45) is 3.89. The molecule has 1 aliphatic rings. The molecule has 1 aliphatic carbocycles. The largest absolute Gasteiger partial charge is 0.298 e. The molecule has 0 N–H and O–H groups in total. The van der Waals surface area contributed by atoms with Gasteiger partial charge in [0, 0.05) is 6.04 Å². The molecular formula is C7H13N. The first-order valence-corrected chi connectivity index (χ1v) is 3.28. The van der Waals surface area contributed by atoms with Crippen LogP contribution in [0.25, 0.3) is 0 Å². The lowest BCUT2D eigenvalue weighted by Gasteiger charge is -1.98. The Morgan fingerprint density at radius 1 is 1.50 bits per heavy atom. The van der Waals surface area contributed by atoms with Gasteiger partial charge in [0.25, 0.3) is 0 Å². The maximum absolute atomic E-state index is 3.99. The summed E-state index contributed by atoms with van der Waals surface area (Å²) in [4.78, 5) is 3.99. The molecule has 1 heteroatoms. The Morgan fingerprint density at radius 2 is 2.25 bits per heavy atom. The van der Waals surface area contributed by atoms with Crippen molar-refractivity contribution in [3.8, 4) is 0 Å². The molecule has 0 aliphatic heterocycles. The van der Waals surface area contributed by atoms with E-state index in [4.69, 9.17) is 0 Å². The van der Waals surface area contributed by atoms with E-state index in [1.165, 1.54) is 19.3 Å². The number of aliphatic imine (C=N–C) groups is 1. The first-order valence-electron chi connectivity index (χ1n) is 3.28. The Kier molecular flexibility index (Phi) is 1.66. The SMILES string of the molecule is C=N[C@@H]1CCC(C)C1. The van der Waals surface area contributed by atoms with Crippen LogP contribution in [0.2, 0.25) is 0 Å². The van der Waals surface area contributed by atoms with Crippen molar-refractivity contribution in [3.63, 3.8) is 0 Å². The van der Waals surface area contributed by atoms with Crippen molar-refractivity contribution in [2.75, 3.05) is 0 Å². The Hall–Kier alpha value is -0.330. The van der Waals surface area contributed by atoms with Gasteiger partial charge in [-0.05, 0) is 31.9 Å². The van der Waals surface area contributed by atoms with Crippen molar-refractivity contribution in [2.45, 2.75) is 32.2 Å². The zero-order valence-corrected chi connectivity index (χ0v) is 5.43. The minimum atomic E-state index is 0.588. The number of hydrogen-bond donors (Lipinski definition) is 0. The molecule has 0 spiro atoms. The summed E-state index contributed by atoms with van der Waals surface area (Å²) in [6, 6.07) is 0.588. The van der Waals surface area contributed by atoms with Gasteiger partial charge in [0.05, 0.1) is 0 Å². The molecule has 1 nitrogen and oxygen atoms in total. The van der Waals surface area contributed by atoms with Gasteiger partial charge in [0.1, 0.15) is 0 Å². The summed E-state index contributed by atoms with van der Waals surface area (Å²) in [6.45, 7) is 5.81. The molecule has 0 amide bonds. The molecule has 1 fully saturated rings. The van der Waals surface area contributed by atoms with Gasteiger partial charge in [0.15, 0.2) is 0 Å². The van der Waals surface area contributed by atoms with E-state index < -0.39 is 0 Å². The van der Waals surface area contributed by atoms with Gasteiger partial charge in [-0.15, -0.1) is 0 Å². The predicted octanol–water partition coefficient (Wildman–Crippen LogP) is 1.88. The lowest BCUT2D eigenvalue weighted by atomic mass is 10.1. The molecule has 1 unspecified atom stereocenters. The first kappa shape index (κ1) is 5.80. The second kappa shape index (κ2) is 2.29. The molecule has 0 saturated heterocycles. The standard InChI is InChI=1S/C7H13N/c1-6-3-4-7(5-6)8-2/h6-7H,2-5H2,1H3/t6?,7-/m1/s1. The fraction of sp³-hybridized carbons (Fsp3) is 0.857. The maximum atomic E-state index is 3.99. The Balaban J connectivity index is 2.32. The van der Waals surface area contributed by atoms with Gasteiger partial charge in [-0.1, -0.05) is 6.92 Å². The van der Waals surface area contributed by atoms with Gasteiger partial charge >= 0.3 is 0 Å². The van der Waals surface area contributed by atoms with Crippen LogP contribution >= 0.6 is 0 Å². The summed E-state index contributed by atoms with van der Waals surface area (Å²) in [5.74, 6) is 0.894. The Bertz CT molecular complexity index is 88.4. The van der Waals surface area contributed by atoms with Gasteiger partial charge < -0.3 is 0 Å². The molecule has 1 rings (SSSR count). The molecule has 0 radical (unpaired) electrons. The average Bonchev–Trinajstić information content (AvgIpc) is 2.14. The van der Waals surface area contributed by atoms with Crippen LogP contribution in [0.15, 0.2) is 4.99 Å². The van der Waals surface area contributed by atoms with Crippen molar-refractivity contribution in [1.29, 1.82) is 0 Å². The van der Waals surface area contributed by atoms with E-state index in [0.29, 0.717) is 6.04 Å². The molecule has 8 heavy (non-hydrogen) atoms. The number of hydrogen-bond acceptors (Lipinski definition) is 1. The van der Waals surface area contributed by atoms with Crippen molar-refractivity contribution in [1.82, 2.24) is 0 Å². The van der Waals surface area contributed by atoms with E-state index in [1.54, 1.807) is 0 Å². The normalized spacial score (nSPS) is 37.6. The monoisotopic (exact) mass is 111 g/mol. The van der Waals surface area contributed by atoms with Crippen LogP contribution in [0.1, 0.15) is 26.2 Å². The average molecular weight is 111 g/mol. The minimum absolute atomic E-state index is 0.588. The van der Waals surface area contributed by atoms with Crippen molar-refractivity contribution in [2.24, 2.45) is 10.9 Å². The second-order valence-electron chi connectivity index (χ2n) is 2.75. The summed E-state index contributed by atoms with van der Waals surface area (Å²) >= 11 is 0. The Labute approximate surface area is 50.8 Å². The van der Waals surface area contributed by atoms with E-state index >= 15 is 0 Å². The fourth-order valence-electron chi connectivity index (χ4n) is 1.34. The van der Waals surface area contributed by atoms with E-state index in [-0.39, 0.29) is 0 Å². The summed E-state index contributed by atoms with van der Waals surface area (Å²) in [5, 5.41) is 0. The van der Waals surface area contributed by atoms with Crippen LogP contribution in [0.3, 0.4) is 0 Å². The van der Waals surface area contributed by atoms with Crippen molar-refractivity contribution >= 4 is 6.72 Å². The highest BCUT2D eigenvalue weighted by molar-refractivity contribution is 5.24. The molecular weight excluding hydrogens is 98.1 g/mol. The smallest absolute Gasteiger partial charge is 0.0495 e. The highest BCUT2D eigenvalue weighted by Crippen LogP contribution is 2.26. The number of rotatable bonds is 1. The molecule has 0 aromatic heterocycles. The third-order valence-electron chi connectivity index (χ3n) is 1.93. The molecule has 2 atom stereocenters.